The number of carbonyl (C=O) groups excluding carboxylic acids is 1. The lowest BCUT2D eigenvalue weighted by molar-refractivity contribution is -0.149. The van der Waals surface area contributed by atoms with E-state index in [2.05, 4.69) is 21.6 Å². The first-order valence-corrected chi connectivity index (χ1v) is 10.8. The van der Waals surface area contributed by atoms with Crippen LogP contribution in [0.1, 0.15) is 36.4 Å². The van der Waals surface area contributed by atoms with E-state index in [1.807, 2.05) is 18.2 Å². The number of ether oxygens (including phenoxy) is 1. The van der Waals surface area contributed by atoms with Crippen LogP contribution in [0.5, 0.6) is 0 Å². The predicted octanol–water partition coefficient (Wildman–Crippen LogP) is 1.38. The minimum absolute atomic E-state index is 0.0246. The number of nitrogens with zero attached hydrogens (tertiary/aromatic N) is 2. The fourth-order valence-electron chi connectivity index (χ4n) is 4.14. The smallest absolute Gasteiger partial charge is 0.252 e. The van der Waals surface area contributed by atoms with Crippen LogP contribution in [0.3, 0.4) is 0 Å². The monoisotopic (exact) mass is 404 g/mol. The van der Waals surface area contributed by atoms with Crippen LogP contribution in [0, 0.1) is 0 Å². The quantitative estimate of drug-likeness (QED) is 0.784. The summed E-state index contributed by atoms with van der Waals surface area (Å²) in [5, 5.41) is 9.37. The molecule has 2 heterocycles. The molecule has 2 N–H and O–H groups in total. The molecule has 4 rings (SSSR count). The maximum Gasteiger partial charge on any atom is 0.252 e. The molecule has 0 bridgehead atoms. The van der Waals surface area contributed by atoms with Gasteiger partial charge in [-0.25, -0.2) is 8.42 Å². The van der Waals surface area contributed by atoms with E-state index in [0.29, 0.717) is 12.8 Å². The minimum atomic E-state index is -3.61. The SMILES string of the molecule is COC1(C(=O)NC2CCc3ccccc32)CCN(S(=O)(=O)c2cn[nH]c2)CC1. The number of hydrogen-bond acceptors (Lipinski definition) is 5. The molecule has 1 aliphatic heterocycles. The first kappa shape index (κ1) is 19.1. The third kappa shape index (κ3) is 3.23. The van der Waals surface area contributed by atoms with Crippen LogP contribution in [0.25, 0.3) is 0 Å². The van der Waals surface area contributed by atoms with Crippen molar-refractivity contribution < 1.29 is 17.9 Å². The fourth-order valence-corrected chi connectivity index (χ4v) is 5.49. The van der Waals surface area contributed by atoms with E-state index in [0.717, 1.165) is 18.4 Å². The van der Waals surface area contributed by atoms with Gasteiger partial charge in [0.2, 0.25) is 10.0 Å². The zero-order valence-corrected chi connectivity index (χ0v) is 16.5. The van der Waals surface area contributed by atoms with Gasteiger partial charge in [0.1, 0.15) is 10.5 Å². The van der Waals surface area contributed by atoms with Crippen molar-refractivity contribution in [1.82, 2.24) is 19.8 Å². The lowest BCUT2D eigenvalue weighted by Gasteiger charge is -2.39. The molecule has 9 heteroatoms. The van der Waals surface area contributed by atoms with Crippen LogP contribution in [-0.2, 0) is 26.0 Å². The number of aromatic amines is 1. The number of carbonyl (C=O) groups is 1. The molecule has 8 nitrogen and oxygen atoms in total. The number of aryl methyl sites for hydroxylation is 1. The summed E-state index contributed by atoms with van der Waals surface area (Å²) in [6, 6.07) is 8.10. The summed E-state index contributed by atoms with van der Waals surface area (Å²) in [4.78, 5) is 13.2. The van der Waals surface area contributed by atoms with Crippen LogP contribution < -0.4 is 5.32 Å². The van der Waals surface area contributed by atoms with Crippen molar-refractivity contribution in [3.8, 4) is 0 Å². The topological polar surface area (TPSA) is 104 Å². The fraction of sp³-hybridized carbons (Fsp3) is 0.474. The van der Waals surface area contributed by atoms with Gasteiger partial charge < -0.3 is 10.1 Å². The third-order valence-electron chi connectivity index (χ3n) is 5.88. The molecule has 1 aliphatic carbocycles. The number of H-pyrrole nitrogens is 1. The Bertz CT molecular complexity index is 950. The van der Waals surface area contributed by atoms with Gasteiger partial charge >= 0.3 is 0 Å². The summed E-state index contributed by atoms with van der Waals surface area (Å²) in [6.07, 6.45) is 5.07. The van der Waals surface area contributed by atoms with Crippen LogP contribution in [0.2, 0.25) is 0 Å². The zero-order valence-electron chi connectivity index (χ0n) is 15.7. The highest BCUT2D eigenvalue weighted by atomic mass is 32.2. The Morgan fingerprint density at radius 1 is 1.32 bits per heavy atom. The van der Waals surface area contributed by atoms with E-state index in [1.54, 1.807) is 0 Å². The molecule has 2 aliphatic rings. The van der Waals surface area contributed by atoms with Crippen LogP contribution in [-0.4, -0.2) is 54.6 Å². The van der Waals surface area contributed by atoms with E-state index >= 15 is 0 Å². The Morgan fingerprint density at radius 2 is 2.07 bits per heavy atom. The summed E-state index contributed by atoms with van der Waals surface area (Å²) >= 11 is 0. The Hall–Kier alpha value is -2.23. The summed E-state index contributed by atoms with van der Waals surface area (Å²) in [7, 11) is -2.10. The third-order valence-corrected chi connectivity index (χ3v) is 7.75. The highest BCUT2D eigenvalue weighted by Crippen LogP contribution is 2.34. The van der Waals surface area contributed by atoms with Crippen LogP contribution in [0.15, 0.2) is 41.6 Å². The van der Waals surface area contributed by atoms with Gasteiger partial charge in [0.25, 0.3) is 5.91 Å². The molecule has 150 valence electrons. The molecule has 1 aromatic carbocycles. The van der Waals surface area contributed by atoms with Crippen molar-refractivity contribution in [2.45, 2.75) is 42.2 Å². The lowest BCUT2D eigenvalue weighted by Crippen LogP contribution is -2.56. The second-order valence-electron chi connectivity index (χ2n) is 7.30. The van der Waals surface area contributed by atoms with Crippen molar-refractivity contribution in [3.63, 3.8) is 0 Å². The molecule has 1 atom stereocenters. The minimum Gasteiger partial charge on any atom is -0.368 e. The highest BCUT2D eigenvalue weighted by Gasteiger charge is 2.45. The Kier molecular flexibility index (Phi) is 4.98. The molecule has 1 saturated heterocycles. The van der Waals surface area contributed by atoms with Crippen LogP contribution >= 0.6 is 0 Å². The van der Waals surface area contributed by atoms with Crippen molar-refractivity contribution in [1.29, 1.82) is 0 Å². The number of hydrogen-bond donors (Lipinski definition) is 2. The number of rotatable bonds is 5. The largest absolute Gasteiger partial charge is 0.368 e. The molecular formula is C19H24N4O4S. The Morgan fingerprint density at radius 3 is 2.75 bits per heavy atom. The summed E-state index contributed by atoms with van der Waals surface area (Å²) < 4.78 is 32.3. The van der Waals surface area contributed by atoms with E-state index in [9.17, 15) is 13.2 Å². The molecule has 0 saturated carbocycles. The van der Waals surface area contributed by atoms with Crippen molar-refractivity contribution in [2.75, 3.05) is 20.2 Å². The summed E-state index contributed by atoms with van der Waals surface area (Å²) in [5.41, 5.74) is 1.40. The molecular weight excluding hydrogens is 380 g/mol. The number of amides is 1. The number of piperidine rings is 1. The Balaban J connectivity index is 1.45. The second-order valence-corrected chi connectivity index (χ2v) is 9.24. The van der Waals surface area contributed by atoms with E-state index in [-0.39, 0.29) is 29.9 Å². The van der Waals surface area contributed by atoms with Gasteiger partial charge in [0.05, 0.1) is 12.2 Å². The van der Waals surface area contributed by atoms with Gasteiger partial charge in [-0.1, -0.05) is 24.3 Å². The Labute approximate surface area is 164 Å². The molecule has 1 aromatic heterocycles. The van der Waals surface area contributed by atoms with Crippen LogP contribution in [0.4, 0.5) is 0 Å². The predicted molar refractivity (Wildman–Crippen MR) is 102 cm³/mol. The summed E-state index contributed by atoms with van der Waals surface area (Å²) in [5.74, 6) is -0.169. The number of benzene rings is 1. The molecule has 0 spiro atoms. The average Bonchev–Trinajstić information content (AvgIpc) is 3.39. The van der Waals surface area contributed by atoms with Gasteiger partial charge in [-0.15, -0.1) is 0 Å². The number of aromatic nitrogens is 2. The molecule has 1 fully saturated rings. The average molecular weight is 404 g/mol. The number of fused-ring (bicyclic) bond motifs is 1. The number of nitrogens with one attached hydrogen (secondary N) is 2. The number of sulfonamides is 1. The maximum absolute atomic E-state index is 13.1. The molecule has 1 amide bonds. The second kappa shape index (κ2) is 7.31. The van der Waals surface area contributed by atoms with Gasteiger partial charge in [-0.2, -0.15) is 9.40 Å². The summed E-state index contributed by atoms with van der Waals surface area (Å²) in [6.45, 7) is 0.437. The first-order chi connectivity index (χ1) is 13.5. The van der Waals surface area contributed by atoms with Gasteiger partial charge in [0, 0.05) is 26.4 Å². The van der Waals surface area contributed by atoms with Gasteiger partial charge in [-0.05, 0) is 36.8 Å². The maximum atomic E-state index is 13.1. The number of methoxy groups -OCH3 is 1. The van der Waals surface area contributed by atoms with Crippen molar-refractivity contribution >= 4 is 15.9 Å². The molecule has 28 heavy (non-hydrogen) atoms. The molecule has 1 unspecified atom stereocenters. The normalized spacial score (nSPS) is 22.0. The standard InChI is InChI=1S/C19H24N4O4S/c1-27-19(18(24)22-17-7-6-14-4-2-3-5-16(14)17)8-10-23(11-9-19)28(25,26)15-12-20-21-13-15/h2-5,12-13,17H,6-11H2,1H3,(H,20,21)(H,22,24). The molecule has 0 radical (unpaired) electrons. The van der Waals surface area contributed by atoms with Crippen molar-refractivity contribution in [2.24, 2.45) is 0 Å². The van der Waals surface area contributed by atoms with E-state index in [1.165, 1.54) is 29.4 Å². The first-order valence-electron chi connectivity index (χ1n) is 9.39. The van der Waals surface area contributed by atoms with Gasteiger partial charge in [0.15, 0.2) is 0 Å². The zero-order chi connectivity index (χ0) is 19.8. The molecule has 2 aromatic rings. The van der Waals surface area contributed by atoms with E-state index in [4.69, 9.17) is 4.74 Å². The van der Waals surface area contributed by atoms with Gasteiger partial charge in [-0.3, -0.25) is 9.89 Å². The van der Waals surface area contributed by atoms with Crippen molar-refractivity contribution in [3.05, 3.63) is 47.8 Å². The highest BCUT2D eigenvalue weighted by molar-refractivity contribution is 7.89. The van der Waals surface area contributed by atoms with E-state index < -0.39 is 15.6 Å². The lowest BCUT2D eigenvalue weighted by atomic mass is 9.90.